The van der Waals surface area contributed by atoms with E-state index in [1.54, 1.807) is 17.5 Å². The third-order valence-electron chi connectivity index (χ3n) is 3.70. The minimum Gasteiger partial charge on any atom is -0.349 e. The number of hydrogen-bond acceptors (Lipinski definition) is 7. The van der Waals surface area contributed by atoms with Crippen LogP contribution in [0.3, 0.4) is 0 Å². The molecular formula is C15H16BrN7S. The second-order valence-electron chi connectivity index (χ2n) is 5.70. The summed E-state index contributed by atoms with van der Waals surface area (Å²) in [5, 5.41) is 14.9. The first-order valence-electron chi connectivity index (χ1n) is 7.67. The van der Waals surface area contributed by atoms with Crippen LogP contribution in [0.15, 0.2) is 22.9 Å². The molecule has 3 heterocycles. The molecule has 0 spiro atoms. The zero-order chi connectivity index (χ0) is 16.5. The molecule has 0 saturated heterocycles. The van der Waals surface area contributed by atoms with Gasteiger partial charge in [0.15, 0.2) is 11.6 Å². The van der Waals surface area contributed by atoms with Crippen molar-refractivity contribution in [2.45, 2.75) is 32.2 Å². The Morgan fingerprint density at radius 1 is 1.33 bits per heavy atom. The van der Waals surface area contributed by atoms with Gasteiger partial charge in [0.05, 0.1) is 16.0 Å². The van der Waals surface area contributed by atoms with Gasteiger partial charge in [0.25, 0.3) is 0 Å². The van der Waals surface area contributed by atoms with E-state index >= 15 is 0 Å². The summed E-state index contributed by atoms with van der Waals surface area (Å²) in [6.45, 7) is 2.65. The molecule has 3 N–H and O–H groups in total. The van der Waals surface area contributed by atoms with E-state index in [1.165, 1.54) is 18.5 Å². The Hall–Kier alpha value is -2.00. The van der Waals surface area contributed by atoms with Gasteiger partial charge in [-0.3, -0.25) is 5.10 Å². The number of hydrogen-bond donors (Lipinski definition) is 3. The average Bonchev–Trinajstić information content (AvgIpc) is 3.18. The Balaban J connectivity index is 1.45. The minimum absolute atomic E-state index is 0.560. The zero-order valence-electron chi connectivity index (χ0n) is 13.0. The van der Waals surface area contributed by atoms with Crippen molar-refractivity contribution in [1.82, 2.24) is 25.1 Å². The third kappa shape index (κ3) is 3.57. The number of aryl methyl sites for hydroxylation is 1. The fourth-order valence-corrected chi connectivity index (χ4v) is 3.34. The molecule has 0 radical (unpaired) electrons. The van der Waals surface area contributed by atoms with Crippen molar-refractivity contribution < 1.29 is 0 Å². The number of aromatic amines is 1. The monoisotopic (exact) mass is 405 g/mol. The number of anilines is 3. The van der Waals surface area contributed by atoms with Crippen molar-refractivity contribution in [3.63, 3.8) is 0 Å². The van der Waals surface area contributed by atoms with Crippen LogP contribution >= 0.6 is 27.3 Å². The number of rotatable bonds is 6. The largest absolute Gasteiger partial charge is 0.349 e. The van der Waals surface area contributed by atoms with E-state index in [4.69, 9.17) is 0 Å². The highest BCUT2D eigenvalue weighted by molar-refractivity contribution is 9.10. The highest BCUT2D eigenvalue weighted by Gasteiger charge is 2.25. The first-order valence-corrected chi connectivity index (χ1v) is 9.28. The minimum atomic E-state index is 0.560. The van der Waals surface area contributed by atoms with Crippen LogP contribution in [0, 0.1) is 6.92 Å². The van der Waals surface area contributed by atoms with E-state index in [9.17, 15) is 0 Å². The first-order chi connectivity index (χ1) is 11.7. The molecule has 0 aromatic carbocycles. The smallest absolute Gasteiger partial charge is 0.224 e. The molecule has 0 aliphatic heterocycles. The molecule has 1 fully saturated rings. The van der Waals surface area contributed by atoms with Gasteiger partial charge in [-0.15, -0.1) is 11.3 Å². The van der Waals surface area contributed by atoms with Gasteiger partial charge < -0.3 is 10.6 Å². The van der Waals surface area contributed by atoms with Crippen molar-refractivity contribution in [1.29, 1.82) is 0 Å². The molecule has 1 aliphatic carbocycles. The Labute approximate surface area is 151 Å². The van der Waals surface area contributed by atoms with Gasteiger partial charge in [-0.1, -0.05) is 0 Å². The van der Waals surface area contributed by atoms with Gasteiger partial charge in [-0.05, 0) is 35.7 Å². The maximum absolute atomic E-state index is 4.51. The molecule has 7 nitrogen and oxygen atoms in total. The predicted octanol–water partition coefficient (Wildman–Crippen LogP) is 3.96. The summed E-state index contributed by atoms with van der Waals surface area (Å²) >= 11 is 5.13. The number of halogens is 1. The third-order valence-corrected chi connectivity index (χ3v) is 5.19. The van der Waals surface area contributed by atoms with Crippen LogP contribution in [-0.2, 0) is 6.54 Å². The van der Waals surface area contributed by atoms with Gasteiger partial charge in [-0.25, -0.2) is 9.97 Å². The van der Waals surface area contributed by atoms with E-state index in [2.05, 4.69) is 51.7 Å². The summed E-state index contributed by atoms with van der Waals surface area (Å²) in [5.41, 5.74) is 1.18. The van der Waals surface area contributed by atoms with Crippen molar-refractivity contribution in [3.05, 3.63) is 38.5 Å². The molecule has 9 heteroatoms. The standard InChI is InChI=1S/C15H16BrN7S/c1-8-17-5-10(24-8)6-18-15-19-7-11(16)14(21-15)20-13-4-12(22-23-13)9-2-3-9/h4-5,7,9H,2-3,6H2,1H3,(H3,18,19,20,21,22,23). The molecule has 3 aromatic heterocycles. The predicted molar refractivity (Wildman–Crippen MR) is 97.8 cm³/mol. The number of H-pyrrole nitrogens is 1. The summed E-state index contributed by atoms with van der Waals surface area (Å²) in [6, 6.07) is 2.04. The van der Waals surface area contributed by atoms with Gasteiger partial charge in [0, 0.05) is 34.9 Å². The van der Waals surface area contributed by atoms with E-state index in [1.807, 2.05) is 19.2 Å². The summed E-state index contributed by atoms with van der Waals surface area (Å²) in [4.78, 5) is 14.2. The van der Waals surface area contributed by atoms with Gasteiger partial charge >= 0.3 is 0 Å². The molecule has 3 aromatic rings. The summed E-state index contributed by atoms with van der Waals surface area (Å²) in [7, 11) is 0. The lowest BCUT2D eigenvalue weighted by Crippen LogP contribution is -2.05. The second kappa shape index (κ2) is 6.48. The average molecular weight is 406 g/mol. The fraction of sp³-hybridized carbons (Fsp3) is 0.333. The molecule has 124 valence electrons. The normalized spacial score (nSPS) is 13.9. The van der Waals surface area contributed by atoms with Crippen LogP contribution in [-0.4, -0.2) is 25.1 Å². The number of thiazole rings is 1. The highest BCUT2D eigenvalue weighted by Crippen LogP contribution is 2.39. The van der Waals surface area contributed by atoms with Crippen molar-refractivity contribution >= 4 is 44.9 Å². The van der Waals surface area contributed by atoms with Crippen LogP contribution in [0.2, 0.25) is 0 Å². The van der Waals surface area contributed by atoms with E-state index in [-0.39, 0.29) is 0 Å². The van der Waals surface area contributed by atoms with Crippen LogP contribution in [0.1, 0.15) is 34.3 Å². The molecule has 0 bridgehead atoms. The fourth-order valence-electron chi connectivity index (χ4n) is 2.32. The van der Waals surface area contributed by atoms with Gasteiger partial charge in [-0.2, -0.15) is 10.1 Å². The maximum Gasteiger partial charge on any atom is 0.224 e. The molecule has 1 saturated carbocycles. The first kappa shape index (κ1) is 15.5. The zero-order valence-corrected chi connectivity index (χ0v) is 15.4. The van der Waals surface area contributed by atoms with Crippen LogP contribution in [0.25, 0.3) is 0 Å². The van der Waals surface area contributed by atoms with E-state index in [0.717, 1.165) is 20.2 Å². The quantitative estimate of drug-likeness (QED) is 0.574. The lowest BCUT2D eigenvalue weighted by atomic mass is 10.3. The summed E-state index contributed by atoms with van der Waals surface area (Å²) < 4.78 is 0.789. The molecule has 0 atom stereocenters. The number of aromatic nitrogens is 5. The molecule has 24 heavy (non-hydrogen) atoms. The Morgan fingerprint density at radius 3 is 2.96 bits per heavy atom. The Bertz CT molecular complexity index is 855. The van der Waals surface area contributed by atoms with Gasteiger partial charge in [0.2, 0.25) is 5.95 Å². The van der Waals surface area contributed by atoms with Gasteiger partial charge in [0.1, 0.15) is 0 Å². The van der Waals surface area contributed by atoms with E-state index < -0.39 is 0 Å². The topological polar surface area (TPSA) is 91.4 Å². The van der Waals surface area contributed by atoms with Crippen LogP contribution < -0.4 is 10.6 Å². The molecule has 0 unspecified atom stereocenters. The summed E-state index contributed by atoms with van der Waals surface area (Å²) in [5.74, 6) is 2.65. The lowest BCUT2D eigenvalue weighted by molar-refractivity contribution is 0.966. The second-order valence-corrected chi connectivity index (χ2v) is 7.87. The lowest BCUT2D eigenvalue weighted by Gasteiger charge is -2.08. The van der Waals surface area contributed by atoms with Crippen molar-refractivity contribution in [2.75, 3.05) is 10.6 Å². The summed E-state index contributed by atoms with van der Waals surface area (Å²) in [6.07, 6.45) is 6.08. The highest BCUT2D eigenvalue weighted by atomic mass is 79.9. The molecule has 0 amide bonds. The van der Waals surface area contributed by atoms with Crippen LogP contribution in [0.4, 0.5) is 17.6 Å². The number of nitrogens with one attached hydrogen (secondary N) is 3. The Morgan fingerprint density at radius 2 is 2.21 bits per heavy atom. The van der Waals surface area contributed by atoms with E-state index in [0.29, 0.717) is 24.2 Å². The van der Waals surface area contributed by atoms with Crippen molar-refractivity contribution in [2.24, 2.45) is 0 Å². The Kier molecular flexibility index (Phi) is 4.19. The number of nitrogens with zero attached hydrogens (tertiary/aromatic N) is 4. The molecule has 4 rings (SSSR count). The maximum atomic E-state index is 4.51. The SMILES string of the molecule is Cc1ncc(CNc2ncc(Br)c(Nc3cc(C4CC4)[nH]n3)n2)s1. The molecular weight excluding hydrogens is 390 g/mol. The van der Waals surface area contributed by atoms with Crippen LogP contribution in [0.5, 0.6) is 0 Å². The van der Waals surface area contributed by atoms with Crippen molar-refractivity contribution in [3.8, 4) is 0 Å². The molecule has 1 aliphatic rings.